The van der Waals surface area contributed by atoms with Gasteiger partial charge in [-0.1, -0.05) is 12.2 Å². The SMILES string of the molecule is O=C(O)[C@@H]1[C@H]2C=C[C@@]3(CN(C[C@@H]4CCCO4)C(=O)[C@@H]13)O2. The van der Waals surface area contributed by atoms with Crippen LogP contribution in [0.2, 0.25) is 0 Å². The average Bonchev–Trinajstić information content (AvgIpc) is 3.12. The highest BCUT2D eigenvalue weighted by molar-refractivity contribution is 5.90. The van der Waals surface area contributed by atoms with Crippen molar-refractivity contribution in [2.45, 2.75) is 30.7 Å². The van der Waals surface area contributed by atoms with Crippen LogP contribution in [0.4, 0.5) is 0 Å². The van der Waals surface area contributed by atoms with Gasteiger partial charge in [0, 0.05) is 13.2 Å². The molecule has 3 saturated heterocycles. The molecular formula is C14H17NO5. The van der Waals surface area contributed by atoms with Gasteiger partial charge in [-0.15, -0.1) is 0 Å². The molecule has 1 spiro atoms. The largest absolute Gasteiger partial charge is 0.481 e. The molecule has 4 rings (SSSR count). The molecule has 0 radical (unpaired) electrons. The van der Waals surface area contributed by atoms with Gasteiger partial charge in [-0.05, 0) is 12.8 Å². The molecule has 4 aliphatic heterocycles. The Morgan fingerprint density at radius 3 is 3.10 bits per heavy atom. The predicted molar refractivity (Wildman–Crippen MR) is 66.9 cm³/mol. The molecule has 4 heterocycles. The number of carboxylic acids is 1. The molecule has 5 atom stereocenters. The predicted octanol–water partition coefficient (Wildman–Crippen LogP) is 0.0320. The van der Waals surface area contributed by atoms with Gasteiger partial charge in [0.2, 0.25) is 5.91 Å². The van der Waals surface area contributed by atoms with Gasteiger partial charge >= 0.3 is 5.97 Å². The first kappa shape index (κ1) is 12.3. The molecule has 6 nitrogen and oxygen atoms in total. The first-order valence-electron chi connectivity index (χ1n) is 7.11. The number of amides is 1. The van der Waals surface area contributed by atoms with Crippen LogP contribution in [0.5, 0.6) is 0 Å². The van der Waals surface area contributed by atoms with E-state index in [9.17, 15) is 14.7 Å². The van der Waals surface area contributed by atoms with Crippen LogP contribution in [0.1, 0.15) is 12.8 Å². The Labute approximate surface area is 116 Å². The van der Waals surface area contributed by atoms with Crippen LogP contribution < -0.4 is 0 Å². The number of carbonyl (C=O) groups excluding carboxylic acids is 1. The van der Waals surface area contributed by atoms with Crippen molar-refractivity contribution in [1.29, 1.82) is 0 Å². The summed E-state index contributed by atoms with van der Waals surface area (Å²) in [6.07, 6.45) is 5.29. The summed E-state index contributed by atoms with van der Waals surface area (Å²) >= 11 is 0. The van der Waals surface area contributed by atoms with Crippen LogP contribution >= 0.6 is 0 Å². The van der Waals surface area contributed by atoms with E-state index in [0.29, 0.717) is 13.1 Å². The molecule has 3 fully saturated rings. The van der Waals surface area contributed by atoms with Gasteiger partial charge in [0.1, 0.15) is 11.5 Å². The van der Waals surface area contributed by atoms with Crippen LogP contribution in [-0.2, 0) is 19.1 Å². The number of hydrogen-bond acceptors (Lipinski definition) is 4. The summed E-state index contributed by atoms with van der Waals surface area (Å²) in [6, 6.07) is 0. The first-order valence-corrected chi connectivity index (χ1v) is 7.11. The molecule has 1 amide bonds. The molecule has 0 aromatic rings. The van der Waals surface area contributed by atoms with Gasteiger partial charge in [-0.2, -0.15) is 0 Å². The van der Waals surface area contributed by atoms with Crippen molar-refractivity contribution < 1.29 is 24.2 Å². The second-order valence-electron chi connectivity index (χ2n) is 6.09. The monoisotopic (exact) mass is 279 g/mol. The van der Waals surface area contributed by atoms with Crippen LogP contribution in [0.3, 0.4) is 0 Å². The zero-order chi connectivity index (χ0) is 13.9. The van der Waals surface area contributed by atoms with Gasteiger partial charge in [-0.25, -0.2) is 0 Å². The quantitative estimate of drug-likeness (QED) is 0.738. The van der Waals surface area contributed by atoms with Crippen molar-refractivity contribution >= 4 is 11.9 Å². The fourth-order valence-corrected chi connectivity index (χ4v) is 4.05. The Bertz CT molecular complexity index is 498. The lowest BCUT2D eigenvalue weighted by atomic mass is 9.77. The zero-order valence-electron chi connectivity index (χ0n) is 11.0. The lowest BCUT2D eigenvalue weighted by Crippen LogP contribution is -2.39. The molecule has 1 N–H and O–H groups in total. The van der Waals surface area contributed by atoms with Crippen LogP contribution in [-0.4, -0.2) is 59.4 Å². The summed E-state index contributed by atoms with van der Waals surface area (Å²) in [6.45, 7) is 1.75. The van der Waals surface area contributed by atoms with Gasteiger partial charge < -0.3 is 19.5 Å². The van der Waals surface area contributed by atoms with Crippen molar-refractivity contribution in [1.82, 2.24) is 4.90 Å². The summed E-state index contributed by atoms with van der Waals surface area (Å²) in [5.41, 5.74) is -0.719. The van der Waals surface area contributed by atoms with Crippen molar-refractivity contribution in [2.24, 2.45) is 11.8 Å². The van der Waals surface area contributed by atoms with Crippen molar-refractivity contribution in [3.63, 3.8) is 0 Å². The molecule has 0 unspecified atom stereocenters. The Hall–Kier alpha value is -1.40. The smallest absolute Gasteiger partial charge is 0.310 e. The van der Waals surface area contributed by atoms with Crippen LogP contribution in [0.25, 0.3) is 0 Å². The maximum atomic E-state index is 12.6. The highest BCUT2D eigenvalue weighted by Crippen LogP contribution is 2.51. The van der Waals surface area contributed by atoms with E-state index in [1.54, 1.807) is 11.0 Å². The number of fused-ring (bicyclic) bond motifs is 1. The van der Waals surface area contributed by atoms with Gasteiger partial charge in [0.25, 0.3) is 0 Å². The van der Waals surface area contributed by atoms with E-state index in [1.807, 2.05) is 6.08 Å². The van der Waals surface area contributed by atoms with Crippen molar-refractivity contribution in [3.05, 3.63) is 12.2 Å². The molecule has 6 heteroatoms. The number of hydrogen-bond donors (Lipinski definition) is 1. The van der Waals surface area contributed by atoms with E-state index in [0.717, 1.165) is 19.4 Å². The summed E-state index contributed by atoms with van der Waals surface area (Å²) in [5.74, 6) is -2.36. The number of carboxylic acid groups (broad SMARTS) is 1. The van der Waals surface area contributed by atoms with Gasteiger partial charge in [0.15, 0.2) is 0 Å². The highest BCUT2D eigenvalue weighted by atomic mass is 16.5. The molecular weight excluding hydrogens is 262 g/mol. The number of nitrogens with zero attached hydrogens (tertiary/aromatic N) is 1. The summed E-state index contributed by atoms with van der Waals surface area (Å²) in [4.78, 5) is 25.7. The van der Waals surface area contributed by atoms with Crippen molar-refractivity contribution in [2.75, 3.05) is 19.7 Å². The Balaban J connectivity index is 1.58. The van der Waals surface area contributed by atoms with Crippen molar-refractivity contribution in [3.8, 4) is 0 Å². The Kier molecular flexibility index (Phi) is 2.50. The van der Waals surface area contributed by atoms with Crippen LogP contribution in [0.15, 0.2) is 12.2 Å². The average molecular weight is 279 g/mol. The number of carbonyl (C=O) groups is 2. The molecule has 20 heavy (non-hydrogen) atoms. The van der Waals surface area contributed by atoms with E-state index in [4.69, 9.17) is 9.47 Å². The zero-order valence-corrected chi connectivity index (χ0v) is 11.0. The van der Waals surface area contributed by atoms with Gasteiger partial charge in [-0.3, -0.25) is 9.59 Å². The third kappa shape index (κ3) is 1.52. The minimum absolute atomic E-state index is 0.0821. The van der Waals surface area contributed by atoms with E-state index in [-0.39, 0.29) is 12.0 Å². The lowest BCUT2D eigenvalue weighted by Gasteiger charge is -2.23. The molecule has 0 aliphatic carbocycles. The van der Waals surface area contributed by atoms with E-state index < -0.39 is 29.5 Å². The lowest BCUT2D eigenvalue weighted by molar-refractivity contribution is -0.148. The van der Waals surface area contributed by atoms with Crippen LogP contribution in [0, 0.1) is 11.8 Å². The maximum absolute atomic E-state index is 12.6. The van der Waals surface area contributed by atoms with Gasteiger partial charge in [0.05, 0.1) is 24.7 Å². The number of ether oxygens (including phenoxy) is 2. The molecule has 0 saturated carbocycles. The molecule has 0 aromatic carbocycles. The maximum Gasteiger partial charge on any atom is 0.310 e. The number of likely N-dealkylation sites (tertiary alicyclic amines) is 1. The summed E-state index contributed by atoms with van der Waals surface area (Å²) in [5, 5.41) is 9.36. The summed E-state index contributed by atoms with van der Waals surface area (Å²) < 4.78 is 11.4. The fourth-order valence-electron chi connectivity index (χ4n) is 4.05. The third-order valence-electron chi connectivity index (χ3n) is 4.91. The standard InChI is InChI=1S/C14H17NO5/c16-12-11-10(13(17)18)9-3-4-14(11,20-9)7-15(12)6-8-2-1-5-19-8/h3-4,8-11H,1-2,5-7H2,(H,17,18)/t8-,9+,10+,11+,14-/m0/s1. The third-order valence-corrected chi connectivity index (χ3v) is 4.91. The molecule has 0 aromatic heterocycles. The second kappa shape index (κ2) is 4.05. The molecule has 4 aliphatic rings. The minimum atomic E-state index is -0.946. The molecule has 108 valence electrons. The normalized spacial score (nSPS) is 45.4. The first-order chi connectivity index (χ1) is 9.61. The Morgan fingerprint density at radius 1 is 1.55 bits per heavy atom. The number of rotatable bonds is 3. The number of aliphatic carboxylic acids is 1. The van der Waals surface area contributed by atoms with E-state index in [1.165, 1.54) is 0 Å². The summed E-state index contributed by atoms with van der Waals surface area (Å²) in [7, 11) is 0. The minimum Gasteiger partial charge on any atom is -0.481 e. The topological polar surface area (TPSA) is 76.1 Å². The fraction of sp³-hybridized carbons (Fsp3) is 0.714. The van der Waals surface area contributed by atoms with E-state index >= 15 is 0 Å². The van der Waals surface area contributed by atoms with E-state index in [2.05, 4.69) is 0 Å². The highest BCUT2D eigenvalue weighted by Gasteiger charge is 2.67. The molecule has 2 bridgehead atoms. The second-order valence-corrected chi connectivity index (χ2v) is 6.09. The Morgan fingerprint density at radius 2 is 2.40 bits per heavy atom.